The van der Waals surface area contributed by atoms with Gasteiger partial charge in [-0.1, -0.05) is 153 Å². The number of carbonyl (C=O) groups is 3. The molecule has 0 aromatic rings. The number of carbonyl (C=O) groups excluding carboxylic acids is 2. The predicted octanol–water partition coefficient (Wildman–Crippen LogP) is 12.0. The topological polar surface area (TPSA) is 172 Å². The molecule has 0 radical (unpaired) electrons. The molecular weight excluding hydrogens is 745 g/mol. The van der Waals surface area contributed by atoms with Crippen LogP contribution in [0.2, 0.25) is 0 Å². The molecule has 0 saturated carbocycles. The average molecular weight is 828 g/mol. The molecule has 57 heavy (non-hydrogen) atoms. The van der Waals surface area contributed by atoms with Gasteiger partial charge in [-0.15, -0.1) is 0 Å². The van der Waals surface area contributed by atoms with Crippen LogP contribution < -0.4 is 5.73 Å². The second kappa shape index (κ2) is 40.5. The maximum absolute atomic E-state index is 12.6. The van der Waals surface area contributed by atoms with Gasteiger partial charge in [-0.25, -0.2) is 4.57 Å². The van der Waals surface area contributed by atoms with E-state index in [9.17, 15) is 23.8 Å². The second-order valence-corrected chi connectivity index (χ2v) is 16.6. The maximum atomic E-state index is 12.6. The highest BCUT2D eigenvalue weighted by Crippen LogP contribution is 2.43. The number of hydrogen-bond acceptors (Lipinski definition) is 9. The molecule has 4 N–H and O–H groups in total. The summed E-state index contributed by atoms with van der Waals surface area (Å²) in [4.78, 5) is 46.0. The number of allylic oxidation sites excluding steroid dienone is 6. The Labute approximate surface area is 346 Å². The highest BCUT2D eigenvalue weighted by Gasteiger charge is 2.28. The molecule has 11 nitrogen and oxygen atoms in total. The Kier molecular flexibility index (Phi) is 38.8. The Hall–Kier alpha value is -2.30. The van der Waals surface area contributed by atoms with E-state index < -0.39 is 51.1 Å². The lowest BCUT2D eigenvalue weighted by Gasteiger charge is -2.20. The van der Waals surface area contributed by atoms with Crippen molar-refractivity contribution in [1.29, 1.82) is 0 Å². The van der Waals surface area contributed by atoms with Gasteiger partial charge in [-0.05, 0) is 70.6 Å². The minimum absolute atomic E-state index is 0.150. The van der Waals surface area contributed by atoms with E-state index in [1.54, 1.807) is 0 Å². The van der Waals surface area contributed by atoms with Gasteiger partial charge < -0.3 is 25.2 Å². The van der Waals surface area contributed by atoms with Gasteiger partial charge in [0.05, 0.1) is 13.2 Å². The number of unbranched alkanes of at least 4 members (excludes halogenated alkanes) is 22. The van der Waals surface area contributed by atoms with Crippen LogP contribution in [0.25, 0.3) is 0 Å². The minimum atomic E-state index is -4.72. The number of nitrogens with two attached hydrogens (primary N) is 1. The van der Waals surface area contributed by atoms with Crippen LogP contribution in [-0.4, -0.2) is 59.9 Å². The molecule has 0 amide bonds. The van der Waals surface area contributed by atoms with Crippen LogP contribution >= 0.6 is 7.82 Å². The fourth-order valence-corrected chi connectivity index (χ4v) is 6.81. The van der Waals surface area contributed by atoms with E-state index in [1.807, 2.05) is 0 Å². The number of ether oxygens (including phenoxy) is 2. The Bertz CT molecular complexity index is 1110. The molecule has 0 aromatic heterocycles. The van der Waals surface area contributed by atoms with E-state index in [0.29, 0.717) is 12.8 Å². The molecule has 12 heteroatoms. The highest BCUT2D eigenvalue weighted by molar-refractivity contribution is 7.47. The third kappa shape index (κ3) is 40.3. The first-order valence-electron chi connectivity index (χ1n) is 22.5. The summed E-state index contributed by atoms with van der Waals surface area (Å²) >= 11 is 0. The van der Waals surface area contributed by atoms with Crippen molar-refractivity contribution in [2.45, 2.75) is 212 Å². The molecule has 0 aliphatic heterocycles. The average Bonchev–Trinajstić information content (AvgIpc) is 3.19. The Morgan fingerprint density at radius 1 is 0.544 bits per heavy atom. The quantitative estimate of drug-likeness (QED) is 0.0231. The molecule has 1 unspecified atom stereocenters. The molecule has 0 rings (SSSR count). The van der Waals surface area contributed by atoms with Gasteiger partial charge in [-0.2, -0.15) is 0 Å². The first-order chi connectivity index (χ1) is 27.6. The zero-order valence-electron chi connectivity index (χ0n) is 35.9. The Morgan fingerprint density at radius 2 is 0.930 bits per heavy atom. The maximum Gasteiger partial charge on any atom is 0.472 e. The first-order valence-corrected chi connectivity index (χ1v) is 24.0. The van der Waals surface area contributed by atoms with Gasteiger partial charge in [-0.3, -0.25) is 23.4 Å². The molecule has 332 valence electrons. The predicted molar refractivity (Wildman–Crippen MR) is 231 cm³/mol. The van der Waals surface area contributed by atoms with Crippen molar-refractivity contribution in [2.24, 2.45) is 5.73 Å². The summed E-state index contributed by atoms with van der Waals surface area (Å²) in [6.07, 6.45) is 43.4. The zero-order chi connectivity index (χ0) is 42.1. The molecule has 0 heterocycles. The van der Waals surface area contributed by atoms with Crippen molar-refractivity contribution >= 4 is 25.7 Å². The monoisotopic (exact) mass is 828 g/mol. The van der Waals surface area contributed by atoms with Crippen molar-refractivity contribution < 1.29 is 47.5 Å². The van der Waals surface area contributed by atoms with Crippen LogP contribution in [0.4, 0.5) is 0 Å². The largest absolute Gasteiger partial charge is 0.480 e. The number of rotatable bonds is 42. The molecule has 0 saturated heterocycles. The van der Waals surface area contributed by atoms with Crippen molar-refractivity contribution in [3.05, 3.63) is 36.5 Å². The number of phosphoric acid groups is 1. The lowest BCUT2D eigenvalue weighted by atomic mass is 10.1. The van der Waals surface area contributed by atoms with Crippen LogP contribution in [0.1, 0.15) is 200 Å². The first kappa shape index (κ1) is 54.7. The molecule has 0 aromatic carbocycles. The molecule has 0 bridgehead atoms. The van der Waals surface area contributed by atoms with Crippen molar-refractivity contribution in [3.63, 3.8) is 0 Å². The second-order valence-electron chi connectivity index (χ2n) is 15.2. The third-order valence-electron chi connectivity index (χ3n) is 9.61. The molecule has 0 aliphatic rings. The SMILES string of the molecule is CCCCC/C=C\C/C=C\CCCCCCCCCC(=O)OC[C@H](COP(=O)(O)OC[C@H](N)C(=O)O)OC(=O)CCCCCCC/C=C\CCCCCCCCC. The Balaban J connectivity index is 4.36. The molecule has 0 fully saturated rings. The van der Waals surface area contributed by atoms with E-state index in [2.05, 4.69) is 54.8 Å². The van der Waals surface area contributed by atoms with E-state index >= 15 is 0 Å². The molecule has 0 spiro atoms. The number of carboxylic acid groups (broad SMARTS) is 1. The smallest absolute Gasteiger partial charge is 0.472 e. The van der Waals surface area contributed by atoms with Gasteiger partial charge in [0.1, 0.15) is 12.6 Å². The summed E-state index contributed by atoms with van der Waals surface area (Å²) in [5.41, 5.74) is 5.33. The van der Waals surface area contributed by atoms with E-state index in [-0.39, 0.29) is 19.4 Å². The van der Waals surface area contributed by atoms with Gasteiger partial charge in [0.15, 0.2) is 6.10 Å². The number of aliphatic carboxylic acids is 1. The summed E-state index contributed by atoms with van der Waals surface area (Å²) < 4.78 is 32.7. The zero-order valence-corrected chi connectivity index (χ0v) is 36.8. The lowest BCUT2D eigenvalue weighted by molar-refractivity contribution is -0.161. The van der Waals surface area contributed by atoms with Gasteiger partial charge in [0.25, 0.3) is 0 Å². The summed E-state index contributed by atoms with van der Waals surface area (Å²) in [5, 5.41) is 8.89. The number of phosphoric ester groups is 1. The normalized spacial score (nSPS) is 14.0. The summed E-state index contributed by atoms with van der Waals surface area (Å²) in [6.45, 7) is 2.77. The number of hydrogen-bond donors (Lipinski definition) is 3. The summed E-state index contributed by atoms with van der Waals surface area (Å²) in [5.74, 6) is -2.40. The Morgan fingerprint density at radius 3 is 1.42 bits per heavy atom. The minimum Gasteiger partial charge on any atom is -0.480 e. The van der Waals surface area contributed by atoms with Crippen molar-refractivity contribution in [2.75, 3.05) is 19.8 Å². The lowest BCUT2D eigenvalue weighted by Crippen LogP contribution is -2.34. The van der Waals surface area contributed by atoms with Crippen molar-refractivity contribution in [3.8, 4) is 0 Å². The van der Waals surface area contributed by atoms with Crippen LogP contribution in [0.15, 0.2) is 36.5 Å². The van der Waals surface area contributed by atoms with E-state index in [4.69, 9.17) is 24.8 Å². The highest BCUT2D eigenvalue weighted by atomic mass is 31.2. The van der Waals surface area contributed by atoms with Gasteiger partial charge in [0, 0.05) is 12.8 Å². The molecule has 0 aliphatic carbocycles. The van der Waals surface area contributed by atoms with Gasteiger partial charge in [0.2, 0.25) is 0 Å². The molecule has 3 atom stereocenters. The van der Waals surface area contributed by atoms with Crippen LogP contribution in [0.5, 0.6) is 0 Å². The standard InChI is InChI=1S/C45H82NO10P/c1-3-5-7-9-11-13-15-17-19-21-23-24-26-28-30-32-34-36-43(47)53-38-41(39-54-57(51,52)55-40-42(46)45(49)50)56-44(48)37-35-33-31-29-27-25-22-20-18-16-14-12-10-8-6-4-2/h11,13,17,19-20,22,41-42H,3-10,12,14-16,18,21,23-40,46H2,1-2H3,(H,49,50)(H,51,52)/b13-11-,19-17-,22-20-/t41-,42+/m1/s1. The molecular formula is C45H82NO10P. The van der Waals surface area contributed by atoms with Crippen LogP contribution in [0, 0.1) is 0 Å². The summed E-state index contributed by atoms with van der Waals surface area (Å²) in [6, 6.07) is -1.52. The number of esters is 2. The third-order valence-corrected chi connectivity index (χ3v) is 10.6. The van der Waals surface area contributed by atoms with Crippen LogP contribution in [-0.2, 0) is 37.5 Å². The fraction of sp³-hybridized carbons (Fsp3) is 0.800. The van der Waals surface area contributed by atoms with E-state index in [1.165, 1.54) is 89.9 Å². The van der Waals surface area contributed by atoms with E-state index in [0.717, 1.165) is 70.6 Å². The van der Waals surface area contributed by atoms with Gasteiger partial charge >= 0.3 is 25.7 Å². The fourth-order valence-electron chi connectivity index (χ4n) is 6.03. The van der Waals surface area contributed by atoms with Crippen LogP contribution in [0.3, 0.4) is 0 Å². The number of carboxylic acids is 1. The summed E-state index contributed by atoms with van der Waals surface area (Å²) in [7, 11) is -4.72. The van der Waals surface area contributed by atoms with Crippen molar-refractivity contribution in [1.82, 2.24) is 0 Å².